The molecule has 6 heteroatoms. The Labute approximate surface area is 132 Å². The Morgan fingerprint density at radius 1 is 1.25 bits per heavy atom. The maximum atomic E-state index is 12.4. The molecule has 0 aliphatic rings. The van der Waals surface area contributed by atoms with Crippen LogP contribution in [-0.2, 0) is 10.0 Å². The number of thiophene rings is 1. The highest BCUT2D eigenvalue weighted by Gasteiger charge is 2.19. The van der Waals surface area contributed by atoms with Crippen molar-refractivity contribution in [3.63, 3.8) is 0 Å². The quantitative estimate of drug-likeness (QED) is 0.840. The van der Waals surface area contributed by atoms with E-state index >= 15 is 0 Å². The smallest absolute Gasteiger partial charge is 0.263 e. The van der Waals surface area contributed by atoms with Gasteiger partial charge in [-0.25, -0.2) is 8.42 Å². The van der Waals surface area contributed by atoms with E-state index in [0.717, 1.165) is 14.2 Å². The van der Waals surface area contributed by atoms with Crippen LogP contribution in [-0.4, -0.2) is 8.42 Å². The fourth-order valence-electron chi connectivity index (χ4n) is 1.87. The predicted octanol–water partition coefficient (Wildman–Crippen LogP) is 4.74. The molecule has 0 bridgehead atoms. The SMILES string of the molecule is Cc1sc(Br)cc1S(=O)(=O)Nc1cccc(C(C)C)c1. The molecule has 20 heavy (non-hydrogen) atoms. The molecule has 108 valence electrons. The summed E-state index contributed by atoms with van der Waals surface area (Å²) < 4.78 is 28.2. The third-order valence-electron chi connectivity index (χ3n) is 2.94. The van der Waals surface area contributed by atoms with E-state index in [-0.39, 0.29) is 0 Å². The maximum Gasteiger partial charge on any atom is 0.263 e. The van der Waals surface area contributed by atoms with Crippen LogP contribution in [0.25, 0.3) is 0 Å². The highest BCUT2D eigenvalue weighted by atomic mass is 79.9. The number of aryl methyl sites for hydroxylation is 1. The summed E-state index contributed by atoms with van der Waals surface area (Å²) in [6.07, 6.45) is 0. The molecule has 0 atom stereocenters. The summed E-state index contributed by atoms with van der Waals surface area (Å²) in [4.78, 5) is 1.09. The normalized spacial score (nSPS) is 11.8. The molecule has 1 aromatic heterocycles. The van der Waals surface area contributed by atoms with Crippen LogP contribution in [0.5, 0.6) is 0 Å². The Morgan fingerprint density at radius 3 is 2.50 bits per heavy atom. The molecule has 0 aliphatic carbocycles. The second-order valence-corrected chi connectivity index (χ2v) is 9.14. The zero-order chi connectivity index (χ0) is 14.9. The van der Waals surface area contributed by atoms with Crippen molar-refractivity contribution in [2.45, 2.75) is 31.6 Å². The number of sulfonamides is 1. The molecular weight excluding hydrogens is 358 g/mol. The zero-order valence-electron chi connectivity index (χ0n) is 11.5. The van der Waals surface area contributed by atoms with Gasteiger partial charge in [-0.1, -0.05) is 26.0 Å². The molecule has 1 aromatic carbocycles. The van der Waals surface area contributed by atoms with Gasteiger partial charge >= 0.3 is 0 Å². The summed E-state index contributed by atoms with van der Waals surface area (Å²) in [7, 11) is -3.54. The van der Waals surface area contributed by atoms with Crippen molar-refractivity contribution in [2.75, 3.05) is 4.72 Å². The van der Waals surface area contributed by atoms with Gasteiger partial charge in [-0.2, -0.15) is 0 Å². The summed E-state index contributed by atoms with van der Waals surface area (Å²) in [6.45, 7) is 5.95. The van der Waals surface area contributed by atoms with Gasteiger partial charge in [0.05, 0.1) is 3.79 Å². The molecule has 1 heterocycles. The van der Waals surface area contributed by atoms with E-state index < -0.39 is 10.0 Å². The first-order valence-electron chi connectivity index (χ1n) is 6.18. The summed E-state index contributed by atoms with van der Waals surface area (Å²) in [6, 6.07) is 9.13. The minimum atomic E-state index is -3.54. The number of halogens is 1. The van der Waals surface area contributed by atoms with Crippen LogP contribution >= 0.6 is 27.3 Å². The van der Waals surface area contributed by atoms with Gasteiger partial charge in [-0.3, -0.25) is 4.72 Å². The molecule has 2 rings (SSSR count). The monoisotopic (exact) mass is 373 g/mol. The van der Waals surface area contributed by atoms with Gasteiger partial charge in [-0.15, -0.1) is 11.3 Å². The highest BCUT2D eigenvalue weighted by Crippen LogP contribution is 2.31. The molecule has 1 N–H and O–H groups in total. The zero-order valence-corrected chi connectivity index (χ0v) is 14.7. The Kier molecular flexibility index (Phi) is 4.56. The molecule has 0 saturated heterocycles. The van der Waals surface area contributed by atoms with Gasteiger partial charge in [0, 0.05) is 10.6 Å². The average molecular weight is 374 g/mol. The lowest BCUT2D eigenvalue weighted by Crippen LogP contribution is -2.13. The second kappa shape index (κ2) is 5.87. The Balaban J connectivity index is 2.33. The van der Waals surface area contributed by atoms with Gasteiger partial charge in [0.2, 0.25) is 0 Å². The van der Waals surface area contributed by atoms with Crippen molar-refractivity contribution in [1.82, 2.24) is 0 Å². The molecule has 0 fully saturated rings. The van der Waals surface area contributed by atoms with E-state index in [4.69, 9.17) is 0 Å². The second-order valence-electron chi connectivity index (χ2n) is 4.86. The number of hydrogen-bond donors (Lipinski definition) is 1. The molecule has 3 nitrogen and oxygen atoms in total. The van der Waals surface area contributed by atoms with Crippen LogP contribution in [0.2, 0.25) is 0 Å². The lowest BCUT2D eigenvalue weighted by molar-refractivity contribution is 0.601. The Hall–Kier alpha value is -0.850. The van der Waals surface area contributed by atoms with E-state index in [2.05, 4.69) is 34.5 Å². The number of nitrogens with one attached hydrogen (secondary N) is 1. The molecule has 0 unspecified atom stereocenters. The van der Waals surface area contributed by atoms with E-state index in [1.54, 1.807) is 19.1 Å². The minimum Gasteiger partial charge on any atom is -0.280 e. The fourth-order valence-corrected chi connectivity index (χ4v) is 5.33. The van der Waals surface area contributed by atoms with Crippen LogP contribution in [0.3, 0.4) is 0 Å². The minimum absolute atomic E-state index is 0.323. The van der Waals surface area contributed by atoms with Crippen LogP contribution in [0.4, 0.5) is 5.69 Å². The van der Waals surface area contributed by atoms with Crippen molar-refractivity contribution < 1.29 is 8.42 Å². The first-order valence-corrected chi connectivity index (χ1v) is 9.27. The molecular formula is C14H16BrNO2S2. The molecule has 0 aliphatic heterocycles. The van der Waals surface area contributed by atoms with Gasteiger partial charge in [0.25, 0.3) is 10.0 Å². The van der Waals surface area contributed by atoms with Crippen molar-refractivity contribution in [3.05, 3.63) is 44.6 Å². The first kappa shape index (κ1) is 15.5. The Morgan fingerprint density at radius 2 is 1.95 bits per heavy atom. The largest absolute Gasteiger partial charge is 0.280 e. The molecule has 0 radical (unpaired) electrons. The van der Waals surface area contributed by atoms with Crippen LogP contribution in [0.1, 0.15) is 30.2 Å². The lowest BCUT2D eigenvalue weighted by Gasteiger charge is -2.10. The van der Waals surface area contributed by atoms with Gasteiger partial charge < -0.3 is 0 Å². The third-order valence-corrected chi connectivity index (χ3v) is 6.13. The van der Waals surface area contributed by atoms with Crippen LogP contribution in [0.15, 0.2) is 39.0 Å². The maximum absolute atomic E-state index is 12.4. The van der Waals surface area contributed by atoms with Crippen LogP contribution in [0, 0.1) is 6.92 Å². The first-order chi connectivity index (χ1) is 9.29. The van der Waals surface area contributed by atoms with E-state index in [1.807, 2.05) is 18.2 Å². The molecule has 2 aromatic rings. The Bertz CT molecular complexity index is 721. The lowest BCUT2D eigenvalue weighted by atomic mass is 10.0. The summed E-state index contributed by atoms with van der Waals surface area (Å²) >= 11 is 4.73. The van der Waals surface area contributed by atoms with Gasteiger partial charge in [-0.05, 0) is 52.5 Å². The van der Waals surface area contributed by atoms with E-state index in [1.165, 1.54) is 11.3 Å². The average Bonchev–Trinajstić information content (AvgIpc) is 2.69. The van der Waals surface area contributed by atoms with Crippen molar-refractivity contribution in [2.24, 2.45) is 0 Å². The fraction of sp³-hybridized carbons (Fsp3) is 0.286. The van der Waals surface area contributed by atoms with Crippen molar-refractivity contribution >= 4 is 43.0 Å². The van der Waals surface area contributed by atoms with Gasteiger partial charge in [0.15, 0.2) is 0 Å². The highest BCUT2D eigenvalue weighted by molar-refractivity contribution is 9.11. The number of benzene rings is 1. The molecule has 0 amide bonds. The van der Waals surface area contributed by atoms with Crippen molar-refractivity contribution in [3.8, 4) is 0 Å². The summed E-state index contributed by atoms with van der Waals surface area (Å²) in [5.41, 5.74) is 1.70. The third kappa shape index (κ3) is 3.42. The van der Waals surface area contributed by atoms with E-state index in [0.29, 0.717) is 16.5 Å². The number of rotatable bonds is 4. The topological polar surface area (TPSA) is 46.2 Å². The standard InChI is InChI=1S/C14H16BrNO2S2/c1-9(2)11-5-4-6-12(7-11)16-20(17,18)13-8-14(15)19-10(13)3/h4-9,16H,1-3H3. The van der Waals surface area contributed by atoms with Crippen LogP contribution < -0.4 is 4.72 Å². The van der Waals surface area contributed by atoms with Crippen molar-refractivity contribution in [1.29, 1.82) is 0 Å². The summed E-state index contributed by atoms with van der Waals surface area (Å²) in [5, 5.41) is 0. The number of hydrogen-bond acceptors (Lipinski definition) is 3. The molecule has 0 saturated carbocycles. The van der Waals surface area contributed by atoms with Gasteiger partial charge in [0.1, 0.15) is 4.90 Å². The predicted molar refractivity (Wildman–Crippen MR) is 88.1 cm³/mol. The summed E-state index contributed by atoms with van der Waals surface area (Å²) in [5.74, 6) is 0.358. The molecule has 0 spiro atoms. The number of anilines is 1. The van der Waals surface area contributed by atoms with E-state index in [9.17, 15) is 8.42 Å².